The van der Waals surface area contributed by atoms with Crippen LogP contribution in [0.4, 0.5) is 0 Å². The highest BCUT2D eigenvalue weighted by atomic mass is 31.1. The third-order valence-corrected chi connectivity index (χ3v) is 4.09. The molecule has 15 heavy (non-hydrogen) atoms. The molecule has 2 aromatic rings. The van der Waals surface area contributed by atoms with Gasteiger partial charge in [-0.15, -0.1) is 8.66 Å². The zero-order valence-electron chi connectivity index (χ0n) is 8.67. The second-order valence-electron chi connectivity index (χ2n) is 3.31. The summed E-state index contributed by atoms with van der Waals surface area (Å²) in [5.41, 5.74) is 0.598. The van der Waals surface area contributed by atoms with E-state index in [9.17, 15) is 9.36 Å². The molecule has 1 aromatic carbocycles. The molecular weight excluding hydrogens is 211 g/mol. The molecule has 0 bridgehead atoms. The normalized spacial score (nSPS) is 12.0. The van der Waals surface area contributed by atoms with Gasteiger partial charge >= 0.3 is 7.73 Å². The molecule has 1 heterocycles. The second-order valence-corrected chi connectivity index (χ2v) is 4.90. The minimum atomic E-state index is -1.78. The monoisotopic (exact) mass is 223 g/mol. The summed E-state index contributed by atoms with van der Waals surface area (Å²) < 4.78 is 14.9. The van der Waals surface area contributed by atoms with Crippen LogP contribution >= 0.6 is 7.73 Å². The lowest BCUT2D eigenvalue weighted by atomic mass is 10.2. The van der Waals surface area contributed by atoms with Gasteiger partial charge in [0.05, 0.1) is 24.5 Å². The number of fused-ring (bicyclic) bond motifs is 1. The zero-order valence-corrected chi connectivity index (χ0v) is 9.57. The highest BCUT2D eigenvalue weighted by molar-refractivity contribution is 7.28. The SMILES string of the molecule is CCn1c(=O)c2ccccc2n(C)[p+]1=O. The first-order valence-electron chi connectivity index (χ1n) is 4.78. The van der Waals surface area contributed by atoms with Gasteiger partial charge in [-0.1, -0.05) is 12.1 Å². The number of aryl methyl sites for hydroxylation is 1. The Morgan fingerprint density at radius 3 is 2.67 bits per heavy atom. The van der Waals surface area contributed by atoms with E-state index < -0.39 is 7.73 Å². The predicted molar refractivity (Wildman–Crippen MR) is 60.5 cm³/mol. The van der Waals surface area contributed by atoms with Crippen molar-refractivity contribution < 1.29 is 4.57 Å². The van der Waals surface area contributed by atoms with E-state index in [4.69, 9.17) is 0 Å². The van der Waals surface area contributed by atoms with Crippen molar-refractivity contribution in [3.05, 3.63) is 34.6 Å². The first-order chi connectivity index (χ1) is 7.16. The number of para-hydroxylation sites is 1. The first kappa shape index (κ1) is 10.1. The van der Waals surface area contributed by atoms with Crippen LogP contribution in [0.3, 0.4) is 0 Å². The lowest BCUT2D eigenvalue weighted by molar-refractivity contribution is 0.574. The van der Waals surface area contributed by atoms with Crippen molar-refractivity contribution in [2.45, 2.75) is 13.5 Å². The Morgan fingerprint density at radius 1 is 1.33 bits per heavy atom. The van der Waals surface area contributed by atoms with E-state index >= 15 is 0 Å². The molecule has 0 amide bonds. The average molecular weight is 223 g/mol. The lowest BCUT2D eigenvalue weighted by Crippen LogP contribution is -2.19. The summed E-state index contributed by atoms with van der Waals surface area (Å²) in [4.78, 5) is 11.9. The number of aromatic nitrogens is 2. The van der Waals surface area contributed by atoms with Crippen molar-refractivity contribution in [1.29, 1.82) is 0 Å². The molecule has 0 aliphatic rings. The summed E-state index contributed by atoms with van der Waals surface area (Å²) in [5, 5.41) is 0.622. The van der Waals surface area contributed by atoms with Crippen molar-refractivity contribution >= 4 is 18.6 Å². The van der Waals surface area contributed by atoms with E-state index in [0.717, 1.165) is 5.52 Å². The molecule has 4 nitrogen and oxygen atoms in total. The zero-order chi connectivity index (χ0) is 11.0. The summed E-state index contributed by atoms with van der Waals surface area (Å²) in [6.07, 6.45) is 0. The maximum Gasteiger partial charge on any atom is 0.598 e. The molecule has 0 aliphatic heterocycles. The first-order valence-corrected chi connectivity index (χ1v) is 5.95. The molecule has 0 aliphatic carbocycles. The quantitative estimate of drug-likeness (QED) is 0.743. The van der Waals surface area contributed by atoms with Crippen LogP contribution in [0, 0.1) is 0 Å². The lowest BCUT2D eigenvalue weighted by Gasteiger charge is -1.99. The van der Waals surface area contributed by atoms with Crippen molar-refractivity contribution in [2.75, 3.05) is 0 Å². The topological polar surface area (TPSA) is 44.0 Å². The molecule has 0 radical (unpaired) electrons. The fraction of sp³-hybridized carbons (Fsp3) is 0.300. The van der Waals surface area contributed by atoms with Crippen LogP contribution in [-0.4, -0.2) is 8.66 Å². The summed E-state index contributed by atoms with van der Waals surface area (Å²) in [7, 11) is -0.0325. The van der Waals surface area contributed by atoms with Gasteiger partial charge in [0.1, 0.15) is 0 Å². The van der Waals surface area contributed by atoms with Crippen LogP contribution in [0.5, 0.6) is 0 Å². The van der Waals surface area contributed by atoms with Crippen LogP contribution < -0.4 is 5.56 Å². The second kappa shape index (κ2) is 3.63. The Kier molecular flexibility index (Phi) is 2.45. The van der Waals surface area contributed by atoms with Crippen LogP contribution in [0.25, 0.3) is 10.9 Å². The number of rotatable bonds is 1. The van der Waals surface area contributed by atoms with E-state index in [2.05, 4.69) is 0 Å². The Balaban J connectivity index is 3.10. The van der Waals surface area contributed by atoms with Gasteiger partial charge in [0, 0.05) is 0 Å². The van der Waals surface area contributed by atoms with Crippen LogP contribution in [-0.2, 0) is 18.2 Å². The van der Waals surface area contributed by atoms with Gasteiger partial charge < -0.3 is 0 Å². The molecule has 0 saturated carbocycles. The van der Waals surface area contributed by atoms with Gasteiger partial charge in [-0.25, -0.2) is 0 Å². The smallest absolute Gasteiger partial charge is 0.265 e. The number of hydrogen-bond acceptors (Lipinski definition) is 2. The van der Waals surface area contributed by atoms with Crippen molar-refractivity contribution in [1.82, 2.24) is 8.66 Å². The van der Waals surface area contributed by atoms with Gasteiger partial charge in [-0.2, -0.15) is 0 Å². The molecule has 0 fully saturated rings. The standard InChI is InChI=1S/C10H12N2O2P/c1-3-12-10(13)8-6-4-5-7-9(8)11(2)15(12)14/h4-7H,3H2,1-2H3/q+1. The molecule has 1 atom stereocenters. The van der Waals surface area contributed by atoms with Crippen LogP contribution in [0.1, 0.15) is 6.92 Å². The third kappa shape index (κ3) is 1.41. The molecule has 1 unspecified atom stereocenters. The summed E-state index contributed by atoms with van der Waals surface area (Å²) in [5.74, 6) is 0. The van der Waals surface area contributed by atoms with Gasteiger partial charge in [-0.05, 0) is 23.6 Å². The van der Waals surface area contributed by atoms with E-state index in [0.29, 0.717) is 11.9 Å². The molecule has 0 saturated heterocycles. The van der Waals surface area contributed by atoms with Gasteiger partial charge in [0.25, 0.3) is 5.56 Å². The Bertz CT molecular complexity index is 627. The van der Waals surface area contributed by atoms with E-state index in [1.54, 1.807) is 17.4 Å². The van der Waals surface area contributed by atoms with Crippen LogP contribution in [0.15, 0.2) is 29.1 Å². The molecule has 5 heteroatoms. The molecular formula is C10H12N2O2P+. The summed E-state index contributed by atoms with van der Waals surface area (Å²) in [6, 6.07) is 7.23. The molecule has 2 rings (SSSR count). The largest absolute Gasteiger partial charge is 0.598 e. The fourth-order valence-corrected chi connectivity index (χ4v) is 2.86. The molecule has 0 spiro atoms. The molecule has 1 aromatic heterocycles. The predicted octanol–water partition coefficient (Wildman–Crippen LogP) is 2.10. The van der Waals surface area contributed by atoms with Gasteiger partial charge in [0.15, 0.2) is 0 Å². The van der Waals surface area contributed by atoms with Crippen molar-refractivity contribution in [3.8, 4) is 0 Å². The summed E-state index contributed by atoms with van der Waals surface area (Å²) >= 11 is 0. The molecule has 0 N–H and O–H groups in total. The van der Waals surface area contributed by atoms with Crippen molar-refractivity contribution in [3.63, 3.8) is 0 Å². The average Bonchev–Trinajstić information content (AvgIpc) is 2.27. The number of nitrogens with zero attached hydrogens (tertiary/aromatic N) is 2. The maximum absolute atomic E-state index is 11.9. The van der Waals surface area contributed by atoms with E-state index in [-0.39, 0.29) is 5.56 Å². The number of hydrogen-bond donors (Lipinski definition) is 0. The fourth-order valence-electron chi connectivity index (χ4n) is 1.67. The van der Waals surface area contributed by atoms with Crippen molar-refractivity contribution in [2.24, 2.45) is 7.05 Å². The Hall–Kier alpha value is -1.41. The van der Waals surface area contributed by atoms with Gasteiger partial charge in [-0.3, -0.25) is 4.79 Å². The highest BCUT2D eigenvalue weighted by Crippen LogP contribution is 2.17. The number of benzene rings is 1. The summed E-state index contributed by atoms with van der Waals surface area (Å²) in [6.45, 7) is 2.29. The molecule has 78 valence electrons. The third-order valence-electron chi connectivity index (χ3n) is 2.48. The minimum absolute atomic E-state index is 0.146. The van der Waals surface area contributed by atoms with Gasteiger partial charge in [0.2, 0.25) is 0 Å². The maximum atomic E-state index is 11.9. The Labute approximate surface area is 87.6 Å². The van der Waals surface area contributed by atoms with E-state index in [1.807, 2.05) is 25.1 Å². The minimum Gasteiger partial charge on any atom is -0.265 e. The Morgan fingerprint density at radius 2 is 2.00 bits per heavy atom. The highest BCUT2D eigenvalue weighted by Gasteiger charge is 2.17. The van der Waals surface area contributed by atoms with E-state index in [1.165, 1.54) is 4.33 Å². The van der Waals surface area contributed by atoms with Crippen LogP contribution in [0.2, 0.25) is 0 Å².